The zero-order chi connectivity index (χ0) is 11.0. The van der Waals surface area contributed by atoms with Crippen LogP contribution in [0.15, 0.2) is 12.4 Å². The quantitative estimate of drug-likeness (QED) is 0.812. The molecule has 1 aromatic rings. The number of nitrogens with two attached hydrogens (primary N) is 1. The van der Waals surface area contributed by atoms with Crippen molar-refractivity contribution in [2.75, 3.05) is 18.0 Å². The molecule has 86 valence electrons. The van der Waals surface area contributed by atoms with E-state index in [1.54, 1.807) is 0 Å². The number of rotatable bonds is 2. The van der Waals surface area contributed by atoms with Gasteiger partial charge in [0.2, 0.25) is 0 Å². The highest BCUT2D eigenvalue weighted by Crippen LogP contribution is 2.37. The summed E-state index contributed by atoms with van der Waals surface area (Å²) < 4.78 is 0. The van der Waals surface area contributed by atoms with Gasteiger partial charge in [0, 0.05) is 25.0 Å². The van der Waals surface area contributed by atoms with Gasteiger partial charge in [-0.15, -0.1) is 0 Å². The molecule has 1 aromatic heterocycles. The van der Waals surface area contributed by atoms with Gasteiger partial charge in [0.1, 0.15) is 5.82 Å². The van der Waals surface area contributed by atoms with Gasteiger partial charge in [0.15, 0.2) is 0 Å². The monoisotopic (exact) mass is 218 g/mol. The summed E-state index contributed by atoms with van der Waals surface area (Å²) in [7, 11) is 0. The van der Waals surface area contributed by atoms with E-state index in [0.717, 1.165) is 37.4 Å². The van der Waals surface area contributed by atoms with Crippen molar-refractivity contribution >= 4 is 5.69 Å². The molecule has 2 aliphatic rings. The molecule has 2 N–H and O–H groups in total. The van der Waals surface area contributed by atoms with E-state index in [9.17, 15) is 0 Å². The molecule has 2 heterocycles. The van der Waals surface area contributed by atoms with Gasteiger partial charge in [0.25, 0.3) is 0 Å². The van der Waals surface area contributed by atoms with Crippen molar-refractivity contribution in [3.8, 4) is 0 Å². The number of nitrogens with zero attached hydrogens (tertiary/aromatic N) is 3. The lowest BCUT2D eigenvalue weighted by Gasteiger charge is -2.31. The molecule has 1 aliphatic heterocycles. The standard InChI is InChI=1S/C12H18N4/c13-10-3-5-16(6-4-10)11-7-14-12(15-8-11)9-1-2-9/h7-10H,1-6,13H2. The normalized spacial score (nSPS) is 22.4. The van der Waals surface area contributed by atoms with Gasteiger partial charge in [-0.25, -0.2) is 9.97 Å². The minimum absolute atomic E-state index is 0.378. The second kappa shape index (κ2) is 4.01. The number of aromatic nitrogens is 2. The van der Waals surface area contributed by atoms with E-state index in [0.29, 0.717) is 12.0 Å². The maximum atomic E-state index is 5.89. The molecule has 0 spiro atoms. The van der Waals surface area contributed by atoms with Crippen molar-refractivity contribution in [3.63, 3.8) is 0 Å². The van der Waals surface area contributed by atoms with Crippen LogP contribution in [0.25, 0.3) is 0 Å². The number of anilines is 1. The average molecular weight is 218 g/mol. The van der Waals surface area contributed by atoms with E-state index in [4.69, 9.17) is 5.73 Å². The molecule has 0 aromatic carbocycles. The molecule has 2 fully saturated rings. The zero-order valence-corrected chi connectivity index (χ0v) is 9.47. The average Bonchev–Trinajstić information content (AvgIpc) is 3.14. The molecule has 1 saturated heterocycles. The van der Waals surface area contributed by atoms with E-state index in [1.807, 2.05) is 12.4 Å². The lowest BCUT2D eigenvalue weighted by atomic mass is 10.1. The number of hydrogen-bond donors (Lipinski definition) is 1. The predicted octanol–water partition coefficient (Wildman–Crippen LogP) is 1.28. The molecule has 3 rings (SSSR count). The van der Waals surface area contributed by atoms with Gasteiger partial charge >= 0.3 is 0 Å². The molecule has 1 aliphatic carbocycles. The summed E-state index contributed by atoms with van der Waals surface area (Å²) in [6.45, 7) is 2.07. The Morgan fingerprint density at radius 2 is 1.69 bits per heavy atom. The Labute approximate surface area is 95.9 Å². The first-order valence-electron chi connectivity index (χ1n) is 6.15. The molecule has 16 heavy (non-hydrogen) atoms. The number of piperidine rings is 1. The summed E-state index contributed by atoms with van der Waals surface area (Å²) in [5, 5.41) is 0. The molecule has 0 bridgehead atoms. The van der Waals surface area contributed by atoms with Crippen molar-refractivity contribution < 1.29 is 0 Å². The van der Waals surface area contributed by atoms with Gasteiger partial charge in [-0.2, -0.15) is 0 Å². The van der Waals surface area contributed by atoms with Crippen LogP contribution in [0.5, 0.6) is 0 Å². The largest absolute Gasteiger partial charge is 0.369 e. The van der Waals surface area contributed by atoms with Gasteiger partial charge in [-0.1, -0.05) is 0 Å². The number of hydrogen-bond acceptors (Lipinski definition) is 4. The van der Waals surface area contributed by atoms with E-state index >= 15 is 0 Å². The van der Waals surface area contributed by atoms with E-state index in [2.05, 4.69) is 14.9 Å². The van der Waals surface area contributed by atoms with Crippen molar-refractivity contribution in [1.29, 1.82) is 0 Å². The SMILES string of the molecule is NC1CCN(c2cnc(C3CC3)nc2)CC1. The molecule has 0 amide bonds. The van der Waals surface area contributed by atoms with Crippen molar-refractivity contribution in [3.05, 3.63) is 18.2 Å². The molecule has 4 heteroatoms. The van der Waals surface area contributed by atoms with Gasteiger partial charge < -0.3 is 10.6 Å². The summed E-state index contributed by atoms with van der Waals surface area (Å²) >= 11 is 0. The van der Waals surface area contributed by atoms with Crippen LogP contribution in [0.1, 0.15) is 37.4 Å². The second-order valence-electron chi connectivity index (χ2n) is 4.90. The summed E-state index contributed by atoms with van der Waals surface area (Å²) in [5.74, 6) is 1.67. The van der Waals surface area contributed by atoms with Crippen LogP contribution in [-0.2, 0) is 0 Å². The fourth-order valence-corrected chi connectivity index (χ4v) is 2.20. The highest BCUT2D eigenvalue weighted by Gasteiger charge is 2.26. The van der Waals surface area contributed by atoms with E-state index < -0.39 is 0 Å². The van der Waals surface area contributed by atoms with Crippen LogP contribution in [0, 0.1) is 0 Å². The summed E-state index contributed by atoms with van der Waals surface area (Å²) in [5.41, 5.74) is 7.04. The fourth-order valence-electron chi connectivity index (χ4n) is 2.20. The van der Waals surface area contributed by atoms with Gasteiger partial charge in [-0.3, -0.25) is 0 Å². The topological polar surface area (TPSA) is 55.0 Å². The Bertz CT molecular complexity index is 350. The molecular formula is C12H18N4. The van der Waals surface area contributed by atoms with Crippen molar-refractivity contribution in [2.45, 2.75) is 37.6 Å². The highest BCUT2D eigenvalue weighted by molar-refractivity contribution is 5.42. The van der Waals surface area contributed by atoms with Crippen LogP contribution in [0.4, 0.5) is 5.69 Å². The molecule has 0 radical (unpaired) electrons. The third kappa shape index (κ3) is 2.02. The lowest BCUT2D eigenvalue weighted by molar-refractivity contribution is 0.500. The first kappa shape index (κ1) is 10.0. The van der Waals surface area contributed by atoms with Crippen molar-refractivity contribution in [1.82, 2.24) is 9.97 Å². The van der Waals surface area contributed by atoms with Crippen LogP contribution in [0.3, 0.4) is 0 Å². The van der Waals surface area contributed by atoms with Crippen LogP contribution in [-0.4, -0.2) is 29.1 Å². The van der Waals surface area contributed by atoms with Gasteiger partial charge in [-0.05, 0) is 25.7 Å². The predicted molar refractivity (Wildman–Crippen MR) is 63.4 cm³/mol. The van der Waals surface area contributed by atoms with Gasteiger partial charge in [0.05, 0.1) is 18.1 Å². The minimum Gasteiger partial charge on any atom is -0.369 e. The molecule has 1 saturated carbocycles. The Morgan fingerprint density at radius 3 is 2.25 bits per heavy atom. The van der Waals surface area contributed by atoms with Crippen LogP contribution < -0.4 is 10.6 Å². The van der Waals surface area contributed by atoms with Crippen molar-refractivity contribution in [2.24, 2.45) is 5.73 Å². The molecule has 0 atom stereocenters. The Hall–Kier alpha value is -1.16. The first-order chi connectivity index (χ1) is 7.83. The summed E-state index contributed by atoms with van der Waals surface area (Å²) in [4.78, 5) is 11.2. The van der Waals surface area contributed by atoms with E-state index in [-0.39, 0.29) is 0 Å². The fraction of sp³-hybridized carbons (Fsp3) is 0.667. The second-order valence-corrected chi connectivity index (χ2v) is 4.90. The zero-order valence-electron chi connectivity index (χ0n) is 9.47. The highest BCUT2D eigenvalue weighted by atomic mass is 15.2. The maximum Gasteiger partial charge on any atom is 0.131 e. The molecule has 0 unspecified atom stereocenters. The maximum absolute atomic E-state index is 5.89. The summed E-state index contributed by atoms with van der Waals surface area (Å²) in [6, 6.07) is 0.378. The lowest BCUT2D eigenvalue weighted by Crippen LogP contribution is -2.39. The third-order valence-corrected chi connectivity index (χ3v) is 3.51. The smallest absolute Gasteiger partial charge is 0.131 e. The summed E-state index contributed by atoms with van der Waals surface area (Å²) in [6.07, 6.45) is 8.61. The minimum atomic E-state index is 0.378. The Balaban J connectivity index is 1.69. The Morgan fingerprint density at radius 1 is 1.06 bits per heavy atom. The third-order valence-electron chi connectivity index (χ3n) is 3.51. The Kier molecular flexibility index (Phi) is 2.52. The molecule has 4 nitrogen and oxygen atoms in total. The first-order valence-corrected chi connectivity index (χ1v) is 6.15. The van der Waals surface area contributed by atoms with Crippen LogP contribution in [0.2, 0.25) is 0 Å². The van der Waals surface area contributed by atoms with Crippen LogP contribution >= 0.6 is 0 Å². The molecular weight excluding hydrogens is 200 g/mol. The van der Waals surface area contributed by atoms with E-state index in [1.165, 1.54) is 12.8 Å².